The largest absolute Gasteiger partial charge is 0.336 e. The molecule has 0 fully saturated rings. The molecule has 6 heteroatoms. The molecule has 1 aromatic rings. The first-order valence-electron chi connectivity index (χ1n) is 6.19. The van der Waals surface area contributed by atoms with Crippen molar-refractivity contribution in [2.24, 2.45) is 5.73 Å². The Kier molecular flexibility index (Phi) is 9.01. The quantitative estimate of drug-likeness (QED) is 0.835. The average molecular weight is 306 g/mol. The first-order valence-corrected chi connectivity index (χ1v) is 7.07. The summed E-state index contributed by atoms with van der Waals surface area (Å²) in [6.45, 7) is 4.18. The van der Waals surface area contributed by atoms with Crippen LogP contribution in [0.2, 0.25) is 0 Å². The van der Waals surface area contributed by atoms with Crippen molar-refractivity contribution >= 4 is 29.7 Å². The Labute approximate surface area is 126 Å². The van der Waals surface area contributed by atoms with Gasteiger partial charge in [-0.15, -0.1) is 23.7 Å². The lowest BCUT2D eigenvalue weighted by atomic mass is 10.2. The fourth-order valence-corrected chi connectivity index (χ4v) is 2.33. The van der Waals surface area contributed by atoms with Gasteiger partial charge in [0, 0.05) is 30.4 Å². The molecule has 1 unspecified atom stereocenters. The van der Waals surface area contributed by atoms with Crippen LogP contribution in [-0.4, -0.2) is 48.9 Å². The van der Waals surface area contributed by atoms with Crippen LogP contribution in [-0.2, 0) is 11.3 Å². The number of nitrogens with two attached hydrogens (primary N) is 1. The molecule has 0 spiro atoms. The second-order valence-corrected chi connectivity index (χ2v) is 5.91. The summed E-state index contributed by atoms with van der Waals surface area (Å²) in [7, 11) is 4.03. The zero-order chi connectivity index (χ0) is 13.5. The van der Waals surface area contributed by atoms with Crippen LogP contribution in [0.25, 0.3) is 0 Å². The summed E-state index contributed by atoms with van der Waals surface area (Å²) in [5, 5.41) is 2.04. The van der Waals surface area contributed by atoms with Crippen LogP contribution >= 0.6 is 23.7 Å². The van der Waals surface area contributed by atoms with Crippen molar-refractivity contribution in [2.75, 3.05) is 27.2 Å². The fourth-order valence-electron chi connectivity index (χ4n) is 1.61. The number of nitrogens with zero attached hydrogens (tertiary/aromatic N) is 2. The van der Waals surface area contributed by atoms with Crippen LogP contribution < -0.4 is 5.73 Å². The molecule has 1 amide bonds. The van der Waals surface area contributed by atoms with Crippen molar-refractivity contribution in [2.45, 2.75) is 25.9 Å². The lowest BCUT2D eigenvalue weighted by Gasteiger charge is -2.24. The number of hydrogen-bond donors (Lipinski definition) is 1. The zero-order valence-corrected chi connectivity index (χ0v) is 13.5. The molecule has 0 radical (unpaired) electrons. The van der Waals surface area contributed by atoms with E-state index in [0.29, 0.717) is 13.0 Å². The predicted octanol–water partition coefficient (Wildman–Crippen LogP) is 1.80. The lowest BCUT2D eigenvalue weighted by Crippen LogP contribution is -2.38. The zero-order valence-electron chi connectivity index (χ0n) is 11.8. The van der Waals surface area contributed by atoms with Gasteiger partial charge in [0.2, 0.25) is 5.91 Å². The summed E-state index contributed by atoms with van der Waals surface area (Å²) in [5.74, 6) is 0.139. The SMILES string of the molecule is CC(N)CC(=O)N(CCN(C)C)Cc1cccs1.Cl. The minimum absolute atomic E-state index is 0. The second kappa shape index (κ2) is 9.31. The summed E-state index contributed by atoms with van der Waals surface area (Å²) in [4.78, 5) is 17.3. The summed E-state index contributed by atoms with van der Waals surface area (Å²) in [6.07, 6.45) is 0.415. The van der Waals surface area contributed by atoms with Gasteiger partial charge in [0.25, 0.3) is 0 Å². The first kappa shape index (κ1) is 18.4. The highest BCUT2D eigenvalue weighted by atomic mass is 35.5. The molecule has 1 aromatic heterocycles. The van der Waals surface area contributed by atoms with Crippen molar-refractivity contribution in [3.63, 3.8) is 0 Å². The molecule has 2 N–H and O–H groups in total. The second-order valence-electron chi connectivity index (χ2n) is 4.88. The number of thiophene rings is 1. The van der Waals surface area contributed by atoms with Crippen LogP contribution in [0.3, 0.4) is 0 Å². The molecule has 1 rings (SSSR count). The van der Waals surface area contributed by atoms with Crippen molar-refractivity contribution in [3.8, 4) is 0 Å². The fraction of sp³-hybridized carbons (Fsp3) is 0.615. The smallest absolute Gasteiger partial charge is 0.224 e. The Hall–Kier alpha value is -0.620. The van der Waals surface area contributed by atoms with Crippen LogP contribution in [0, 0.1) is 0 Å². The predicted molar refractivity (Wildman–Crippen MR) is 83.8 cm³/mol. The van der Waals surface area contributed by atoms with Crippen molar-refractivity contribution in [1.82, 2.24) is 9.80 Å². The monoisotopic (exact) mass is 305 g/mol. The van der Waals surface area contributed by atoms with E-state index in [-0.39, 0.29) is 24.4 Å². The van der Waals surface area contributed by atoms with Gasteiger partial charge in [-0.1, -0.05) is 6.07 Å². The van der Waals surface area contributed by atoms with E-state index in [1.54, 1.807) is 11.3 Å². The Morgan fingerprint density at radius 2 is 2.11 bits per heavy atom. The molecule has 0 aromatic carbocycles. The molecule has 19 heavy (non-hydrogen) atoms. The molecule has 0 aliphatic heterocycles. The molecule has 0 bridgehead atoms. The number of amides is 1. The Morgan fingerprint density at radius 3 is 2.58 bits per heavy atom. The van der Waals surface area contributed by atoms with Gasteiger partial charge < -0.3 is 15.5 Å². The van der Waals surface area contributed by atoms with E-state index < -0.39 is 0 Å². The maximum Gasteiger partial charge on any atom is 0.224 e. The molecule has 1 heterocycles. The minimum atomic E-state index is -0.0808. The van der Waals surface area contributed by atoms with Gasteiger partial charge in [0.05, 0.1) is 6.54 Å². The van der Waals surface area contributed by atoms with Gasteiger partial charge >= 0.3 is 0 Å². The molecule has 4 nitrogen and oxygen atoms in total. The van der Waals surface area contributed by atoms with E-state index in [4.69, 9.17) is 5.73 Å². The number of rotatable bonds is 7. The van der Waals surface area contributed by atoms with E-state index in [1.165, 1.54) is 4.88 Å². The first-order chi connectivity index (χ1) is 8.49. The maximum atomic E-state index is 12.1. The topological polar surface area (TPSA) is 49.6 Å². The van der Waals surface area contributed by atoms with Gasteiger partial charge in [0.1, 0.15) is 0 Å². The number of halogens is 1. The Balaban J connectivity index is 0.00000324. The average Bonchev–Trinajstić information content (AvgIpc) is 2.75. The van der Waals surface area contributed by atoms with Gasteiger partial charge in [-0.25, -0.2) is 0 Å². The number of hydrogen-bond acceptors (Lipinski definition) is 4. The van der Waals surface area contributed by atoms with E-state index in [9.17, 15) is 4.79 Å². The third kappa shape index (κ3) is 7.52. The van der Waals surface area contributed by atoms with E-state index in [0.717, 1.165) is 13.1 Å². The third-order valence-corrected chi connectivity index (χ3v) is 3.45. The molecular weight excluding hydrogens is 282 g/mol. The van der Waals surface area contributed by atoms with E-state index in [1.807, 2.05) is 37.4 Å². The summed E-state index contributed by atoms with van der Waals surface area (Å²) in [6, 6.07) is 4.00. The van der Waals surface area contributed by atoms with E-state index >= 15 is 0 Å². The molecular formula is C13H24ClN3OS. The van der Waals surface area contributed by atoms with Gasteiger partial charge in [-0.05, 0) is 32.5 Å². The van der Waals surface area contributed by atoms with Crippen molar-refractivity contribution in [3.05, 3.63) is 22.4 Å². The van der Waals surface area contributed by atoms with Crippen LogP contribution in [0.5, 0.6) is 0 Å². The number of carbonyl (C=O) groups excluding carboxylic acids is 1. The third-order valence-electron chi connectivity index (χ3n) is 2.59. The summed E-state index contributed by atoms with van der Waals surface area (Å²) < 4.78 is 0. The number of carbonyl (C=O) groups is 1. The van der Waals surface area contributed by atoms with Gasteiger partial charge in [-0.3, -0.25) is 4.79 Å². The van der Waals surface area contributed by atoms with Crippen LogP contribution in [0.4, 0.5) is 0 Å². The highest BCUT2D eigenvalue weighted by Crippen LogP contribution is 2.13. The van der Waals surface area contributed by atoms with E-state index in [2.05, 4.69) is 11.0 Å². The van der Waals surface area contributed by atoms with Crippen molar-refractivity contribution in [1.29, 1.82) is 0 Å². The molecule has 1 atom stereocenters. The molecule has 0 saturated carbocycles. The van der Waals surface area contributed by atoms with Crippen LogP contribution in [0.15, 0.2) is 17.5 Å². The summed E-state index contributed by atoms with van der Waals surface area (Å²) >= 11 is 1.68. The molecule has 0 saturated heterocycles. The Bertz CT molecular complexity index is 355. The molecule has 0 aliphatic rings. The standard InChI is InChI=1S/C13H23N3OS.ClH/c1-11(14)9-13(17)16(7-6-15(2)3)10-12-5-4-8-18-12;/h4-5,8,11H,6-7,9-10,14H2,1-3H3;1H. The van der Waals surface area contributed by atoms with Crippen molar-refractivity contribution < 1.29 is 4.79 Å². The number of likely N-dealkylation sites (N-methyl/N-ethyl adjacent to an activating group) is 1. The lowest BCUT2D eigenvalue weighted by molar-refractivity contribution is -0.132. The maximum absolute atomic E-state index is 12.1. The minimum Gasteiger partial charge on any atom is -0.336 e. The highest BCUT2D eigenvalue weighted by Gasteiger charge is 2.15. The Morgan fingerprint density at radius 1 is 1.42 bits per heavy atom. The molecule has 0 aliphatic carbocycles. The van der Waals surface area contributed by atoms with Gasteiger partial charge in [-0.2, -0.15) is 0 Å². The van der Waals surface area contributed by atoms with Gasteiger partial charge in [0.15, 0.2) is 0 Å². The molecule has 110 valence electrons. The van der Waals surface area contributed by atoms with Crippen LogP contribution in [0.1, 0.15) is 18.2 Å². The normalized spacial score (nSPS) is 12.1. The summed E-state index contributed by atoms with van der Waals surface area (Å²) in [5.41, 5.74) is 5.71. The highest BCUT2D eigenvalue weighted by molar-refractivity contribution is 7.09.